The Bertz CT molecular complexity index is 302. The quantitative estimate of drug-likeness (QED) is 0.141. The summed E-state index contributed by atoms with van der Waals surface area (Å²) in [5.41, 5.74) is 15.5. The van der Waals surface area contributed by atoms with Crippen LogP contribution in [-0.4, -0.2) is 36.1 Å². The van der Waals surface area contributed by atoms with Crippen LogP contribution in [0.25, 0.3) is 10.4 Å². The van der Waals surface area contributed by atoms with Crippen LogP contribution >= 0.6 is 0 Å². The molecule has 1 amide bonds. The summed E-state index contributed by atoms with van der Waals surface area (Å²) in [4.78, 5) is 24.2. The summed E-state index contributed by atoms with van der Waals surface area (Å²) in [6.45, 7) is 0.226. The van der Waals surface area contributed by atoms with Gasteiger partial charge in [0.15, 0.2) is 0 Å². The van der Waals surface area contributed by atoms with Gasteiger partial charge in [0.1, 0.15) is 6.04 Å². The molecule has 17 heavy (non-hydrogen) atoms. The van der Waals surface area contributed by atoms with E-state index in [4.69, 9.17) is 16.4 Å². The highest BCUT2D eigenvalue weighted by molar-refractivity contribution is 5.84. The first-order valence-corrected chi connectivity index (χ1v) is 5.11. The first-order valence-electron chi connectivity index (χ1n) is 5.11. The molecule has 0 saturated heterocycles. The van der Waals surface area contributed by atoms with Crippen molar-refractivity contribution in [2.45, 2.75) is 25.3 Å². The molecule has 1 atom stereocenters. The molecule has 0 aliphatic heterocycles. The lowest BCUT2D eigenvalue weighted by molar-refractivity contribution is -0.141. The molecule has 9 heteroatoms. The van der Waals surface area contributed by atoms with Crippen molar-refractivity contribution < 1.29 is 14.7 Å². The predicted molar refractivity (Wildman–Crippen MR) is 59.6 cm³/mol. The van der Waals surface area contributed by atoms with Gasteiger partial charge in [-0.1, -0.05) is 0 Å². The Morgan fingerprint density at radius 3 is 2.71 bits per heavy atom. The largest absolute Gasteiger partial charge is 0.480 e. The number of carboxylic acids is 1. The topological polar surface area (TPSA) is 153 Å². The Labute approximate surface area is 98.0 Å². The molecule has 0 unspecified atom stereocenters. The normalized spacial score (nSPS) is 11.1. The van der Waals surface area contributed by atoms with Crippen LogP contribution in [0.3, 0.4) is 0 Å². The van der Waals surface area contributed by atoms with Crippen molar-refractivity contribution in [3.8, 4) is 0 Å². The van der Waals surface area contributed by atoms with Crippen LogP contribution in [0.5, 0.6) is 0 Å². The SMILES string of the molecule is [N-]=[N+]=NNCCCC[C@H](NC(=O)CN)C(=O)O. The standard InChI is InChI=1S/C8H16N6O3/c9-5-7(15)12-6(8(16)17)3-1-2-4-11-14-13-10/h6,11H,1-5,9H2,(H,12,15)(H,16,17)/t6-/m0/s1. The second-order valence-corrected chi connectivity index (χ2v) is 3.26. The lowest BCUT2D eigenvalue weighted by Crippen LogP contribution is -2.43. The number of amides is 1. The number of azide groups is 1. The van der Waals surface area contributed by atoms with Crippen molar-refractivity contribution in [3.05, 3.63) is 10.4 Å². The summed E-state index contributed by atoms with van der Waals surface area (Å²) in [5.74, 6) is -1.58. The van der Waals surface area contributed by atoms with Crippen LogP contribution in [-0.2, 0) is 9.59 Å². The van der Waals surface area contributed by atoms with E-state index in [1.807, 2.05) is 0 Å². The van der Waals surface area contributed by atoms with E-state index in [0.29, 0.717) is 25.8 Å². The maximum Gasteiger partial charge on any atom is 0.326 e. The van der Waals surface area contributed by atoms with Crippen LogP contribution in [0.4, 0.5) is 0 Å². The lowest BCUT2D eigenvalue weighted by atomic mass is 10.1. The van der Waals surface area contributed by atoms with Gasteiger partial charge in [0.2, 0.25) is 5.91 Å². The summed E-state index contributed by atoms with van der Waals surface area (Å²) in [6, 6.07) is -0.925. The van der Waals surface area contributed by atoms with Gasteiger partial charge in [0, 0.05) is 0 Å². The summed E-state index contributed by atoms with van der Waals surface area (Å²) in [6.07, 6.45) is 1.52. The van der Waals surface area contributed by atoms with E-state index < -0.39 is 17.9 Å². The minimum Gasteiger partial charge on any atom is -0.480 e. The third-order valence-corrected chi connectivity index (χ3v) is 1.97. The van der Waals surface area contributed by atoms with Crippen LogP contribution in [0.2, 0.25) is 0 Å². The second-order valence-electron chi connectivity index (χ2n) is 3.26. The summed E-state index contributed by atoms with van der Waals surface area (Å²) < 4.78 is 0. The van der Waals surface area contributed by atoms with Gasteiger partial charge in [-0.2, -0.15) is 4.91 Å². The molecular weight excluding hydrogens is 228 g/mol. The number of nitrogens with zero attached hydrogens (tertiary/aromatic N) is 3. The Morgan fingerprint density at radius 1 is 1.47 bits per heavy atom. The number of hydrogen-bond donors (Lipinski definition) is 4. The smallest absolute Gasteiger partial charge is 0.326 e. The molecule has 0 aromatic rings. The third-order valence-electron chi connectivity index (χ3n) is 1.97. The fraction of sp³-hybridized carbons (Fsp3) is 0.750. The molecule has 0 spiro atoms. The zero-order valence-corrected chi connectivity index (χ0v) is 9.30. The lowest BCUT2D eigenvalue weighted by Gasteiger charge is -2.13. The highest BCUT2D eigenvalue weighted by Gasteiger charge is 2.18. The van der Waals surface area contributed by atoms with Crippen molar-refractivity contribution in [2.24, 2.45) is 11.0 Å². The van der Waals surface area contributed by atoms with Crippen molar-refractivity contribution in [1.29, 1.82) is 0 Å². The molecule has 0 saturated carbocycles. The molecule has 0 aromatic heterocycles. The van der Waals surface area contributed by atoms with Crippen LogP contribution in [0.1, 0.15) is 19.3 Å². The Kier molecular flexibility index (Phi) is 8.17. The summed E-state index contributed by atoms with van der Waals surface area (Å²) in [5, 5.41) is 14.2. The monoisotopic (exact) mass is 244 g/mol. The van der Waals surface area contributed by atoms with E-state index in [2.05, 4.69) is 20.9 Å². The van der Waals surface area contributed by atoms with Crippen molar-refractivity contribution in [2.75, 3.05) is 13.1 Å². The van der Waals surface area contributed by atoms with Crippen molar-refractivity contribution in [1.82, 2.24) is 10.7 Å². The average Bonchev–Trinajstić information content (AvgIpc) is 2.31. The molecule has 0 aliphatic carbocycles. The van der Waals surface area contributed by atoms with Crippen molar-refractivity contribution >= 4 is 11.9 Å². The fourth-order valence-electron chi connectivity index (χ4n) is 1.14. The molecule has 0 bridgehead atoms. The van der Waals surface area contributed by atoms with Crippen LogP contribution in [0, 0.1) is 0 Å². The van der Waals surface area contributed by atoms with E-state index in [0.717, 1.165) is 0 Å². The highest BCUT2D eigenvalue weighted by atomic mass is 16.4. The van der Waals surface area contributed by atoms with E-state index in [1.54, 1.807) is 0 Å². The van der Waals surface area contributed by atoms with Gasteiger partial charge >= 0.3 is 5.97 Å². The molecule has 0 heterocycles. The first kappa shape index (κ1) is 15.0. The number of aliphatic carboxylic acids is 1. The van der Waals surface area contributed by atoms with E-state index in [1.165, 1.54) is 0 Å². The van der Waals surface area contributed by atoms with E-state index >= 15 is 0 Å². The van der Waals surface area contributed by atoms with Crippen LogP contribution < -0.4 is 16.5 Å². The maximum atomic E-state index is 10.9. The molecule has 0 aliphatic rings. The molecule has 96 valence electrons. The maximum absolute atomic E-state index is 10.9. The number of carbonyl (C=O) groups excluding carboxylic acids is 1. The Hall–Kier alpha value is -1.99. The summed E-state index contributed by atoms with van der Waals surface area (Å²) >= 11 is 0. The molecule has 5 N–H and O–H groups in total. The number of nitrogens with two attached hydrogens (primary N) is 1. The van der Waals surface area contributed by atoms with E-state index in [9.17, 15) is 9.59 Å². The van der Waals surface area contributed by atoms with Crippen molar-refractivity contribution in [3.63, 3.8) is 0 Å². The minimum atomic E-state index is -1.09. The Morgan fingerprint density at radius 2 is 2.18 bits per heavy atom. The second kappa shape index (κ2) is 9.25. The zero-order valence-electron chi connectivity index (χ0n) is 9.30. The predicted octanol–water partition coefficient (Wildman–Crippen LogP) is -0.500. The molecule has 9 nitrogen and oxygen atoms in total. The highest BCUT2D eigenvalue weighted by Crippen LogP contribution is 2.01. The number of carbonyl (C=O) groups is 2. The number of hydrogen-bond acceptors (Lipinski definition) is 4. The first-order chi connectivity index (χ1) is 8.11. The number of rotatable bonds is 9. The zero-order chi connectivity index (χ0) is 13.1. The molecule has 0 radical (unpaired) electrons. The van der Waals surface area contributed by atoms with Gasteiger partial charge < -0.3 is 16.2 Å². The number of nitrogens with one attached hydrogen (secondary N) is 2. The van der Waals surface area contributed by atoms with Gasteiger partial charge in [0.05, 0.1) is 13.1 Å². The Balaban J connectivity index is 3.81. The van der Waals surface area contributed by atoms with Gasteiger partial charge in [-0.15, -0.1) is 5.53 Å². The van der Waals surface area contributed by atoms with Gasteiger partial charge in [-0.05, 0) is 24.5 Å². The van der Waals surface area contributed by atoms with Gasteiger partial charge in [-0.25, -0.2) is 4.79 Å². The number of carboxylic acid groups (broad SMARTS) is 1. The number of unbranched alkanes of at least 4 members (excludes halogenated alkanes) is 1. The van der Waals surface area contributed by atoms with E-state index in [-0.39, 0.29) is 6.54 Å². The van der Waals surface area contributed by atoms with Gasteiger partial charge in [-0.3, -0.25) is 10.2 Å². The molecule has 0 aromatic carbocycles. The molecule has 0 rings (SSSR count). The third kappa shape index (κ3) is 7.88. The minimum absolute atomic E-state index is 0.234. The van der Waals surface area contributed by atoms with Crippen LogP contribution in [0.15, 0.2) is 5.22 Å². The average molecular weight is 244 g/mol. The fourth-order valence-corrected chi connectivity index (χ4v) is 1.14. The van der Waals surface area contributed by atoms with Gasteiger partial charge in [0.25, 0.3) is 0 Å². The molecular formula is C8H16N6O3. The molecule has 0 fully saturated rings. The summed E-state index contributed by atoms with van der Waals surface area (Å²) in [7, 11) is 0.